The van der Waals surface area contributed by atoms with Gasteiger partial charge in [-0.1, -0.05) is 12.1 Å². The molecule has 2 amide bonds. The summed E-state index contributed by atoms with van der Waals surface area (Å²) in [6.45, 7) is 2.01. The standard InChI is InChI=1S/C19H15IN2O4/c1-2-26-19(25)13-6-8-15(9-7-13)22-18(24)16(17(23)21-22)11-12-4-3-5-14(20)10-12/h3-11H,2H2,1H3,(H,21,23)/b16-11+. The lowest BCUT2D eigenvalue weighted by Crippen LogP contribution is -2.35. The molecule has 2 aromatic carbocycles. The topological polar surface area (TPSA) is 75.7 Å². The number of esters is 1. The zero-order chi connectivity index (χ0) is 18.7. The Hall–Kier alpha value is -2.68. The van der Waals surface area contributed by atoms with Gasteiger partial charge in [0.05, 0.1) is 17.9 Å². The first-order chi connectivity index (χ1) is 12.5. The Morgan fingerprint density at radius 1 is 1.19 bits per heavy atom. The summed E-state index contributed by atoms with van der Waals surface area (Å²) >= 11 is 2.17. The SMILES string of the molecule is CCOC(=O)c1ccc(N2NC(=O)/C(=C\c3cccc(I)c3)C2=O)cc1. The number of halogens is 1. The van der Waals surface area contributed by atoms with Gasteiger partial charge >= 0.3 is 5.97 Å². The molecule has 132 valence electrons. The lowest BCUT2D eigenvalue weighted by atomic mass is 10.1. The van der Waals surface area contributed by atoms with Crippen LogP contribution in [0.5, 0.6) is 0 Å². The van der Waals surface area contributed by atoms with Gasteiger partial charge in [0.1, 0.15) is 5.57 Å². The van der Waals surface area contributed by atoms with E-state index in [4.69, 9.17) is 4.74 Å². The minimum atomic E-state index is -0.469. The highest BCUT2D eigenvalue weighted by atomic mass is 127. The van der Waals surface area contributed by atoms with E-state index in [2.05, 4.69) is 28.0 Å². The predicted molar refractivity (Wildman–Crippen MR) is 105 cm³/mol. The third-order valence-electron chi connectivity index (χ3n) is 3.69. The van der Waals surface area contributed by atoms with Gasteiger partial charge in [-0.3, -0.25) is 15.0 Å². The van der Waals surface area contributed by atoms with Gasteiger partial charge in [-0.15, -0.1) is 0 Å². The largest absolute Gasteiger partial charge is 0.462 e. The third-order valence-corrected chi connectivity index (χ3v) is 4.36. The molecule has 1 saturated heterocycles. The summed E-state index contributed by atoms with van der Waals surface area (Å²) in [7, 11) is 0. The zero-order valence-corrected chi connectivity index (χ0v) is 16.0. The fourth-order valence-electron chi connectivity index (χ4n) is 2.46. The summed E-state index contributed by atoms with van der Waals surface area (Å²) in [6, 6.07) is 13.8. The van der Waals surface area contributed by atoms with Gasteiger partial charge in [0.2, 0.25) is 0 Å². The number of nitrogens with zero attached hydrogens (tertiary/aromatic N) is 1. The number of anilines is 1. The van der Waals surface area contributed by atoms with Gasteiger partial charge in [-0.05, 0) is 77.6 Å². The molecule has 0 aromatic heterocycles. The normalized spacial score (nSPS) is 15.3. The fourth-order valence-corrected chi connectivity index (χ4v) is 3.03. The van der Waals surface area contributed by atoms with Gasteiger partial charge in [-0.2, -0.15) is 0 Å². The second kappa shape index (κ2) is 7.69. The highest BCUT2D eigenvalue weighted by Gasteiger charge is 2.34. The highest BCUT2D eigenvalue weighted by molar-refractivity contribution is 14.1. The Bertz CT molecular complexity index is 906. The number of nitrogens with one attached hydrogen (secondary N) is 1. The first-order valence-electron chi connectivity index (χ1n) is 7.89. The van der Waals surface area contributed by atoms with Gasteiger partial charge in [-0.25, -0.2) is 9.80 Å². The van der Waals surface area contributed by atoms with Crippen molar-refractivity contribution in [3.05, 3.63) is 68.8 Å². The zero-order valence-electron chi connectivity index (χ0n) is 13.9. The summed E-state index contributed by atoms with van der Waals surface area (Å²) < 4.78 is 5.93. The smallest absolute Gasteiger partial charge is 0.338 e. The molecule has 26 heavy (non-hydrogen) atoms. The molecule has 3 rings (SSSR count). The lowest BCUT2D eigenvalue weighted by molar-refractivity contribution is -0.117. The molecule has 0 atom stereocenters. The molecule has 0 spiro atoms. The van der Waals surface area contributed by atoms with Crippen molar-refractivity contribution >= 4 is 52.1 Å². The number of carbonyl (C=O) groups excluding carboxylic acids is 3. The number of hydrogen-bond acceptors (Lipinski definition) is 4. The third kappa shape index (κ3) is 3.77. The lowest BCUT2D eigenvalue weighted by Gasteiger charge is -2.14. The van der Waals surface area contributed by atoms with Crippen molar-refractivity contribution in [3.8, 4) is 0 Å². The van der Waals surface area contributed by atoms with E-state index < -0.39 is 17.8 Å². The monoisotopic (exact) mass is 462 g/mol. The van der Waals surface area contributed by atoms with Crippen LogP contribution in [0.2, 0.25) is 0 Å². The highest BCUT2D eigenvalue weighted by Crippen LogP contribution is 2.22. The molecular formula is C19H15IN2O4. The van der Waals surface area contributed by atoms with E-state index in [1.165, 1.54) is 0 Å². The van der Waals surface area contributed by atoms with Crippen molar-refractivity contribution in [2.24, 2.45) is 0 Å². The van der Waals surface area contributed by atoms with E-state index in [1.807, 2.05) is 24.3 Å². The second-order valence-electron chi connectivity index (χ2n) is 5.46. The Labute approximate surface area is 163 Å². The average Bonchev–Trinajstić information content (AvgIpc) is 2.90. The van der Waals surface area contributed by atoms with Crippen molar-refractivity contribution in [1.82, 2.24) is 5.43 Å². The van der Waals surface area contributed by atoms with E-state index in [0.29, 0.717) is 11.3 Å². The number of amides is 2. The van der Waals surface area contributed by atoms with Crippen molar-refractivity contribution in [2.75, 3.05) is 11.6 Å². The summed E-state index contributed by atoms with van der Waals surface area (Å²) in [6.07, 6.45) is 1.56. The average molecular weight is 462 g/mol. The van der Waals surface area contributed by atoms with Gasteiger partial charge in [0.25, 0.3) is 11.8 Å². The molecule has 0 bridgehead atoms. The minimum Gasteiger partial charge on any atom is -0.462 e. The molecule has 1 N–H and O–H groups in total. The van der Waals surface area contributed by atoms with E-state index in [0.717, 1.165) is 14.1 Å². The first-order valence-corrected chi connectivity index (χ1v) is 8.97. The molecule has 2 aromatic rings. The van der Waals surface area contributed by atoms with E-state index in [-0.39, 0.29) is 12.2 Å². The van der Waals surface area contributed by atoms with Crippen LogP contribution < -0.4 is 10.4 Å². The number of carbonyl (C=O) groups is 3. The van der Waals surface area contributed by atoms with Crippen LogP contribution in [0.15, 0.2) is 54.1 Å². The van der Waals surface area contributed by atoms with Gasteiger partial charge in [0.15, 0.2) is 0 Å². The number of benzene rings is 2. The van der Waals surface area contributed by atoms with Crippen molar-refractivity contribution < 1.29 is 19.1 Å². The van der Waals surface area contributed by atoms with Crippen LogP contribution in [0.1, 0.15) is 22.8 Å². The molecule has 0 saturated carbocycles. The molecule has 6 nitrogen and oxygen atoms in total. The molecular weight excluding hydrogens is 447 g/mol. The van der Waals surface area contributed by atoms with Crippen LogP contribution in [-0.4, -0.2) is 24.4 Å². The van der Waals surface area contributed by atoms with Crippen LogP contribution in [0.25, 0.3) is 6.08 Å². The van der Waals surface area contributed by atoms with Crippen LogP contribution in [0.3, 0.4) is 0 Å². The number of hydrogen-bond donors (Lipinski definition) is 1. The van der Waals surface area contributed by atoms with E-state index in [9.17, 15) is 14.4 Å². The summed E-state index contributed by atoms with van der Waals surface area (Å²) in [5, 5.41) is 1.16. The Kier molecular flexibility index (Phi) is 5.36. The quantitative estimate of drug-likeness (QED) is 0.328. The number of hydrazine groups is 1. The molecule has 1 fully saturated rings. The Morgan fingerprint density at radius 3 is 2.58 bits per heavy atom. The van der Waals surface area contributed by atoms with Crippen LogP contribution in [0.4, 0.5) is 5.69 Å². The van der Waals surface area contributed by atoms with Crippen molar-refractivity contribution in [2.45, 2.75) is 6.92 Å². The van der Waals surface area contributed by atoms with Crippen LogP contribution in [0, 0.1) is 3.57 Å². The maximum Gasteiger partial charge on any atom is 0.338 e. The number of ether oxygens (including phenoxy) is 1. The van der Waals surface area contributed by atoms with E-state index >= 15 is 0 Å². The predicted octanol–water partition coefficient (Wildman–Crippen LogP) is 2.93. The summed E-state index contributed by atoms with van der Waals surface area (Å²) in [5.74, 6) is -1.35. The first kappa shape index (κ1) is 18.1. The molecule has 0 unspecified atom stereocenters. The minimum absolute atomic E-state index is 0.0569. The van der Waals surface area contributed by atoms with Crippen LogP contribution >= 0.6 is 22.6 Å². The van der Waals surface area contributed by atoms with Crippen molar-refractivity contribution in [3.63, 3.8) is 0 Å². The summed E-state index contributed by atoms with van der Waals surface area (Å²) in [4.78, 5) is 36.5. The van der Waals surface area contributed by atoms with Gasteiger partial charge in [0, 0.05) is 3.57 Å². The molecule has 7 heteroatoms. The maximum absolute atomic E-state index is 12.6. The molecule has 0 radical (unpaired) electrons. The van der Waals surface area contributed by atoms with Crippen LogP contribution in [-0.2, 0) is 14.3 Å². The van der Waals surface area contributed by atoms with Gasteiger partial charge < -0.3 is 4.74 Å². The molecule has 1 aliphatic rings. The summed E-state index contributed by atoms with van der Waals surface area (Å²) in [5.41, 5.74) is 4.21. The van der Waals surface area contributed by atoms with E-state index in [1.54, 1.807) is 37.3 Å². The molecule has 1 heterocycles. The Morgan fingerprint density at radius 2 is 1.92 bits per heavy atom. The maximum atomic E-state index is 12.6. The molecule has 0 aliphatic carbocycles. The Balaban J connectivity index is 1.84. The molecule has 1 aliphatic heterocycles. The van der Waals surface area contributed by atoms with Crippen molar-refractivity contribution in [1.29, 1.82) is 0 Å². The second-order valence-corrected chi connectivity index (χ2v) is 6.71. The fraction of sp³-hybridized carbons (Fsp3) is 0.105. The number of rotatable bonds is 4.